The van der Waals surface area contributed by atoms with E-state index in [0.717, 1.165) is 13.0 Å². The molecule has 0 fully saturated rings. The molecule has 0 bridgehead atoms. The second-order valence-electron chi connectivity index (χ2n) is 4.13. The van der Waals surface area contributed by atoms with E-state index in [0.29, 0.717) is 23.0 Å². The Morgan fingerprint density at radius 1 is 1.37 bits per heavy atom. The van der Waals surface area contributed by atoms with Gasteiger partial charge in [0.05, 0.1) is 0 Å². The van der Waals surface area contributed by atoms with E-state index in [-0.39, 0.29) is 5.91 Å². The van der Waals surface area contributed by atoms with Crippen LogP contribution in [0.5, 0.6) is 0 Å². The van der Waals surface area contributed by atoms with E-state index < -0.39 is 0 Å². The molecule has 100 valence electrons. The third-order valence-corrected chi connectivity index (χ3v) is 2.45. The van der Waals surface area contributed by atoms with Gasteiger partial charge in [-0.1, -0.05) is 12.1 Å². The minimum absolute atomic E-state index is 0.241. The fourth-order valence-corrected chi connectivity index (χ4v) is 1.54. The van der Waals surface area contributed by atoms with Crippen LogP contribution in [0.3, 0.4) is 0 Å². The lowest BCUT2D eigenvalue weighted by Gasteiger charge is -2.05. The molecule has 0 aliphatic carbocycles. The van der Waals surface area contributed by atoms with Crippen LogP contribution in [0, 0.1) is 6.92 Å². The monoisotopic (exact) mass is 260 g/mol. The highest BCUT2D eigenvalue weighted by molar-refractivity contribution is 6.04. The first kappa shape index (κ1) is 13.1. The molecule has 0 atom stereocenters. The van der Waals surface area contributed by atoms with Crippen LogP contribution in [-0.4, -0.2) is 22.6 Å². The summed E-state index contributed by atoms with van der Waals surface area (Å²) < 4.78 is 4.89. The van der Waals surface area contributed by atoms with Crippen molar-refractivity contribution in [2.24, 2.45) is 0 Å². The van der Waals surface area contributed by atoms with E-state index in [2.05, 4.69) is 27.7 Å². The van der Waals surface area contributed by atoms with E-state index in [4.69, 9.17) is 4.52 Å². The van der Waals surface area contributed by atoms with Gasteiger partial charge in [-0.05, 0) is 25.5 Å². The van der Waals surface area contributed by atoms with Crippen molar-refractivity contribution in [3.8, 4) is 0 Å². The lowest BCUT2D eigenvalue weighted by molar-refractivity contribution is 0.102. The van der Waals surface area contributed by atoms with Crippen molar-refractivity contribution in [2.45, 2.75) is 20.3 Å². The molecule has 6 heteroatoms. The Labute approximate surface area is 111 Å². The molecular weight excluding hydrogens is 244 g/mol. The van der Waals surface area contributed by atoms with Gasteiger partial charge in [-0.25, -0.2) is 4.98 Å². The summed E-state index contributed by atoms with van der Waals surface area (Å²) in [5.41, 5.74) is 0.522. The van der Waals surface area contributed by atoms with E-state index in [1.165, 1.54) is 0 Å². The molecule has 2 aromatic rings. The molecule has 0 unspecified atom stereocenters. The summed E-state index contributed by atoms with van der Waals surface area (Å²) in [6, 6.07) is 5.02. The summed E-state index contributed by atoms with van der Waals surface area (Å²) in [7, 11) is 0. The summed E-state index contributed by atoms with van der Waals surface area (Å²) >= 11 is 0. The summed E-state index contributed by atoms with van der Waals surface area (Å²) in [6.45, 7) is 4.65. The topological polar surface area (TPSA) is 80.0 Å². The van der Waals surface area contributed by atoms with Crippen LogP contribution in [0.2, 0.25) is 0 Å². The predicted molar refractivity (Wildman–Crippen MR) is 72.2 cm³/mol. The molecule has 0 aromatic carbocycles. The van der Waals surface area contributed by atoms with Crippen LogP contribution in [0.1, 0.15) is 29.5 Å². The van der Waals surface area contributed by atoms with Crippen molar-refractivity contribution in [1.29, 1.82) is 0 Å². The van der Waals surface area contributed by atoms with Crippen molar-refractivity contribution in [3.63, 3.8) is 0 Å². The van der Waals surface area contributed by atoms with Gasteiger partial charge >= 0.3 is 0 Å². The van der Waals surface area contributed by atoms with Gasteiger partial charge in [-0.15, -0.1) is 0 Å². The average Bonchev–Trinajstić information content (AvgIpc) is 2.82. The molecule has 1 amide bonds. The van der Waals surface area contributed by atoms with Crippen molar-refractivity contribution in [3.05, 3.63) is 35.7 Å². The number of anilines is 2. The smallest absolute Gasteiger partial charge is 0.257 e. The molecule has 0 aliphatic rings. The molecule has 0 saturated heterocycles. The van der Waals surface area contributed by atoms with E-state index >= 15 is 0 Å². The fourth-order valence-electron chi connectivity index (χ4n) is 1.54. The number of carbonyl (C=O) groups excluding carboxylic acids is 1. The van der Waals surface area contributed by atoms with Gasteiger partial charge in [0.2, 0.25) is 0 Å². The molecular formula is C13H16N4O2. The van der Waals surface area contributed by atoms with Gasteiger partial charge in [0.1, 0.15) is 11.6 Å². The van der Waals surface area contributed by atoms with Crippen LogP contribution in [0.4, 0.5) is 11.6 Å². The standard InChI is InChI=1S/C13H16N4O2/c1-3-5-14-11-8-10(4-6-15-11)13(18)16-12-7-9(2)19-17-12/h4,6-8H,3,5H2,1-2H3,(H,14,15)(H,16,17,18). The Balaban J connectivity index is 2.06. The Bertz CT molecular complexity index is 565. The first-order chi connectivity index (χ1) is 9.19. The van der Waals surface area contributed by atoms with Crippen molar-refractivity contribution < 1.29 is 9.32 Å². The average molecular weight is 260 g/mol. The highest BCUT2D eigenvalue weighted by atomic mass is 16.5. The third-order valence-electron chi connectivity index (χ3n) is 2.45. The molecule has 2 aromatic heterocycles. The molecule has 2 heterocycles. The number of aromatic nitrogens is 2. The summed E-state index contributed by atoms with van der Waals surface area (Å²) in [5.74, 6) is 1.50. The number of nitrogens with zero attached hydrogens (tertiary/aromatic N) is 2. The molecule has 2 N–H and O–H groups in total. The number of hydrogen-bond donors (Lipinski definition) is 2. The second kappa shape index (κ2) is 5.99. The highest BCUT2D eigenvalue weighted by Crippen LogP contribution is 2.11. The lowest BCUT2D eigenvalue weighted by Crippen LogP contribution is -2.13. The maximum Gasteiger partial charge on any atom is 0.257 e. The SMILES string of the molecule is CCCNc1cc(C(=O)Nc2cc(C)on2)ccn1. The molecule has 0 aliphatic heterocycles. The number of nitrogens with one attached hydrogen (secondary N) is 2. The Hall–Kier alpha value is -2.37. The highest BCUT2D eigenvalue weighted by Gasteiger charge is 2.09. The number of hydrogen-bond acceptors (Lipinski definition) is 5. The first-order valence-corrected chi connectivity index (χ1v) is 6.13. The van der Waals surface area contributed by atoms with Gasteiger partial charge in [0.15, 0.2) is 5.82 Å². The van der Waals surface area contributed by atoms with Gasteiger partial charge in [-0.3, -0.25) is 4.79 Å². The van der Waals surface area contributed by atoms with Crippen molar-refractivity contribution in [1.82, 2.24) is 10.1 Å². The summed E-state index contributed by atoms with van der Waals surface area (Å²) in [6.07, 6.45) is 2.59. The third kappa shape index (κ3) is 3.54. The minimum Gasteiger partial charge on any atom is -0.370 e. The van der Waals surface area contributed by atoms with Crippen LogP contribution < -0.4 is 10.6 Å². The van der Waals surface area contributed by atoms with E-state index in [1.54, 1.807) is 31.3 Å². The Kier molecular flexibility index (Phi) is 4.12. The Morgan fingerprint density at radius 2 is 2.21 bits per heavy atom. The zero-order chi connectivity index (χ0) is 13.7. The molecule has 6 nitrogen and oxygen atoms in total. The zero-order valence-corrected chi connectivity index (χ0v) is 10.9. The van der Waals surface area contributed by atoms with E-state index in [9.17, 15) is 4.79 Å². The number of aryl methyl sites for hydroxylation is 1. The first-order valence-electron chi connectivity index (χ1n) is 6.13. The number of rotatable bonds is 5. The quantitative estimate of drug-likeness (QED) is 0.863. The maximum absolute atomic E-state index is 12.0. The summed E-state index contributed by atoms with van der Waals surface area (Å²) in [5, 5.41) is 9.51. The number of pyridine rings is 1. The van der Waals surface area contributed by atoms with Gasteiger partial charge in [0.25, 0.3) is 5.91 Å². The fraction of sp³-hybridized carbons (Fsp3) is 0.308. The van der Waals surface area contributed by atoms with Crippen molar-refractivity contribution >= 4 is 17.5 Å². The van der Waals surface area contributed by atoms with Gasteiger partial charge in [0, 0.05) is 24.4 Å². The lowest BCUT2D eigenvalue weighted by atomic mass is 10.2. The van der Waals surface area contributed by atoms with Gasteiger partial charge < -0.3 is 15.2 Å². The Morgan fingerprint density at radius 3 is 2.89 bits per heavy atom. The molecule has 0 saturated carbocycles. The maximum atomic E-state index is 12.0. The van der Waals surface area contributed by atoms with Crippen molar-refractivity contribution in [2.75, 3.05) is 17.2 Å². The van der Waals surface area contributed by atoms with Crippen LogP contribution >= 0.6 is 0 Å². The van der Waals surface area contributed by atoms with E-state index in [1.807, 2.05) is 0 Å². The largest absolute Gasteiger partial charge is 0.370 e. The van der Waals surface area contributed by atoms with Crippen LogP contribution in [0.25, 0.3) is 0 Å². The summed E-state index contributed by atoms with van der Waals surface area (Å²) in [4.78, 5) is 16.1. The predicted octanol–water partition coefficient (Wildman–Crippen LogP) is 2.45. The molecule has 0 spiro atoms. The molecule has 2 rings (SSSR count). The zero-order valence-electron chi connectivity index (χ0n) is 10.9. The van der Waals surface area contributed by atoms with Gasteiger partial charge in [-0.2, -0.15) is 0 Å². The minimum atomic E-state index is -0.241. The number of amides is 1. The number of carbonyl (C=O) groups is 1. The molecule has 19 heavy (non-hydrogen) atoms. The normalized spacial score (nSPS) is 10.2. The second-order valence-corrected chi connectivity index (χ2v) is 4.13. The van der Waals surface area contributed by atoms with Crippen LogP contribution in [0.15, 0.2) is 28.9 Å². The molecule has 0 radical (unpaired) electrons. The van der Waals surface area contributed by atoms with Crippen LogP contribution in [-0.2, 0) is 0 Å².